The second-order valence-corrected chi connectivity index (χ2v) is 4.98. The van der Waals surface area contributed by atoms with Crippen LogP contribution in [0, 0.1) is 0 Å². The average Bonchev–Trinajstić information content (AvgIpc) is 2.55. The molecule has 0 fully saturated rings. The van der Waals surface area contributed by atoms with Crippen molar-refractivity contribution < 1.29 is 4.79 Å². The first-order valence-electron chi connectivity index (χ1n) is 7.46. The lowest BCUT2D eigenvalue weighted by atomic mass is 10.2. The number of carbonyl (C=O) groups is 1. The molecule has 0 radical (unpaired) electrons. The molecule has 0 aliphatic rings. The van der Waals surface area contributed by atoms with E-state index in [9.17, 15) is 9.59 Å². The number of hydrogen-bond acceptors (Lipinski definition) is 4. The number of nitrogens with zero attached hydrogens (tertiary/aromatic N) is 3. The summed E-state index contributed by atoms with van der Waals surface area (Å²) in [6, 6.07) is 6.89. The maximum atomic E-state index is 11.8. The molecule has 0 bridgehead atoms. The highest BCUT2D eigenvalue weighted by atomic mass is 16.1. The number of rotatable bonds is 7. The molecule has 2 heterocycles. The summed E-state index contributed by atoms with van der Waals surface area (Å²) in [4.78, 5) is 27.4. The Morgan fingerprint density at radius 1 is 1.32 bits per heavy atom. The number of hydrogen-bond donors (Lipinski definition) is 1. The Bertz CT molecular complexity index is 667. The third-order valence-corrected chi connectivity index (χ3v) is 3.17. The molecule has 2 rings (SSSR count). The van der Waals surface area contributed by atoms with Gasteiger partial charge in [0.05, 0.1) is 5.69 Å². The van der Waals surface area contributed by atoms with Crippen molar-refractivity contribution in [3.05, 3.63) is 47.0 Å². The van der Waals surface area contributed by atoms with Crippen LogP contribution in [0.2, 0.25) is 0 Å². The average molecular weight is 300 g/mol. The molecule has 0 saturated carbocycles. The van der Waals surface area contributed by atoms with Crippen LogP contribution in [0.1, 0.15) is 26.2 Å². The molecule has 0 atom stereocenters. The highest BCUT2D eigenvalue weighted by Crippen LogP contribution is 2.12. The molecular weight excluding hydrogens is 280 g/mol. The highest BCUT2D eigenvalue weighted by Gasteiger charge is 2.05. The van der Waals surface area contributed by atoms with Gasteiger partial charge >= 0.3 is 0 Å². The molecular formula is C16H20N4O2. The monoisotopic (exact) mass is 300 g/mol. The largest absolute Gasteiger partial charge is 0.356 e. The maximum Gasteiger partial charge on any atom is 0.266 e. The van der Waals surface area contributed by atoms with Gasteiger partial charge in [0.1, 0.15) is 0 Å². The van der Waals surface area contributed by atoms with Gasteiger partial charge in [0.15, 0.2) is 0 Å². The third kappa shape index (κ3) is 4.51. The Balaban J connectivity index is 1.99. The minimum absolute atomic E-state index is 0.0123. The van der Waals surface area contributed by atoms with Crippen LogP contribution in [-0.4, -0.2) is 27.2 Å². The molecule has 1 amide bonds. The van der Waals surface area contributed by atoms with Crippen LogP contribution in [0.15, 0.2) is 41.5 Å². The van der Waals surface area contributed by atoms with E-state index in [1.54, 1.807) is 18.5 Å². The molecule has 0 aliphatic carbocycles. The van der Waals surface area contributed by atoms with Crippen LogP contribution in [-0.2, 0) is 11.3 Å². The van der Waals surface area contributed by atoms with Gasteiger partial charge in [-0.25, -0.2) is 4.68 Å². The van der Waals surface area contributed by atoms with Gasteiger partial charge in [-0.1, -0.05) is 6.92 Å². The normalized spacial score (nSPS) is 10.4. The number of pyridine rings is 1. The van der Waals surface area contributed by atoms with E-state index in [1.165, 1.54) is 10.7 Å². The summed E-state index contributed by atoms with van der Waals surface area (Å²) < 4.78 is 1.40. The Morgan fingerprint density at radius 3 is 2.91 bits per heavy atom. The number of amides is 1. The summed E-state index contributed by atoms with van der Waals surface area (Å²) in [6.45, 7) is 3.12. The number of nitrogens with one attached hydrogen (secondary N) is 1. The zero-order valence-electron chi connectivity index (χ0n) is 12.7. The van der Waals surface area contributed by atoms with Crippen molar-refractivity contribution in [3.63, 3.8) is 0 Å². The van der Waals surface area contributed by atoms with Crippen LogP contribution in [0.5, 0.6) is 0 Å². The first-order chi connectivity index (χ1) is 10.7. The van der Waals surface area contributed by atoms with Gasteiger partial charge in [-0.3, -0.25) is 14.6 Å². The summed E-state index contributed by atoms with van der Waals surface area (Å²) in [5, 5.41) is 7.15. The summed E-state index contributed by atoms with van der Waals surface area (Å²) in [5.74, 6) is 0.0123. The Kier molecular flexibility index (Phi) is 5.82. The molecule has 2 aromatic rings. The quantitative estimate of drug-likeness (QED) is 0.843. The molecule has 6 heteroatoms. The molecule has 0 saturated heterocycles. The van der Waals surface area contributed by atoms with E-state index in [0.29, 0.717) is 31.6 Å². The SMILES string of the molecule is CCCNC(=O)CCCn1nc(-c2cccnc2)ccc1=O. The smallest absolute Gasteiger partial charge is 0.266 e. The van der Waals surface area contributed by atoms with Crippen molar-refractivity contribution in [2.45, 2.75) is 32.7 Å². The third-order valence-electron chi connectivity index (χ3n) is 3.17. The number of carbonyl (C=O) groups excluding carboxylic acids is 1. The Labute approximate surface area is 129 Å². The lowest BCUT2D eigenvalue weighted by molar-refractivity contribution is -0.121. The minimum atomic E-state index is -0.165. The molecule has 0 aromatic carbocycles. The molecule has 0 aliphatic heterocycles. The Hall–Kier alpha value is -2.50. The lowest BCUT2D eigenvalue weighted by Gasteiger charge is -2.07. The van der Waals surface area contributed by atoms with Gasteiger partial charge in [0, 0.05) is 43.5 Å². The fourth-order valence-corrected chi connectivity index (χ4v) is 2.02. The first kappa shape index (κ1) is 15.9. The van der Waals surface area contributed by atoms with E-state index in [0.717, 1.165) is 12.0 Å². The van der Waals surface area contributed by atoms with E-state index in [-0.39, 0.29) is 11.5 Å². The van der Waals surface area contributed by atoms with Crippen molar-refractivity contribution in [3.8, 4) is 11.3 Å². The molecule has 1 N–H and O–H groups in total. The number of aryl methyl sites for hydroxylation is 1. The van der Waals surface area contributed by atoms with Crippen LogP contribution in [0.3, 0.4) is 0 Å². The summed E-state index contributed by atoms with van der Waals surface area (Å²) >= 11 is 0. The van der Waals surface area contributed by atoms with Gasteiger partial charge in [0.2, 0.25) is 5.91 Å². The summed E-state index contributed by atoms with van der Waals surface area (Å²) in [5.41, 5.74) is 1.39. The first-order valence-corrected chi connectivity index (χ1v) is 7.46. The van der Waals surface area contributed by atoms with Crippen molar-refractivity contribution in [2.75, 3.05) is 6.54 Å². The number of aromatic nitrogens is 3. The second kappa shape index (κ2) is 8.07. The van der Waals surface area contributed by atoms with E-state index in [4.69, 9.17) is 0 Å². The van der Waals surface area contributed by atoms with Crippen molar-refractivity contribution in [2.24, 2.45) is 0 Å². The van der Waals surface area contributed by atoms with E-state index < -0.39 is 0 Å². The van der Waals surface area contributed by atoms with Crippen molar-refractivity contribution in [1.29, 1.82) is 0 Å². The van der Waals surface area contributed by atoms with Crippen LogP contribution in [0.25, 0.3) is 11.3 Å². The van der Waals surface area contributed by atoms with E-state index in [2.05, 4.69) is 15.4 Å². The molecule has 0 spiro atoms. The van der Waals surface area contributed by atoms with Gasteiger partial charge in [0.25, 0.3) is 5.56 Å². The standard InChI is InChI=1S/C16H20N4O2/c1-2-9-18-15(21)6-4-11-20-16(22)8-7-14(19-20)13-5-3-10-17-12-13/h3,5,7-8,10,12H,2,4,6,9,11H2,1H3,(H,18,21). The molecule has 2 aromatic heterocycles. The minimum Gasteiger partial charge on any atom is -0.356 e. The highest BCUT2D eigenvalue weighted by molar-refractivity contribution is 5.75. The van der Waals surface area contributed by atoms with Crippen LogP contribution >= 0.6 is 0 Å². The fraction of sp³-hybridized carbons (Fsp3) is 0.375. The Morgan fingerprint density at radius 2 is 2.18 bits per heavy atom. The summed E-state index contributed by atoms with van der Waals surface area (Å²) in [7, 11) is 0. The predicted octanol–water partition coefficient (Wildman–Crippen LogP) is 1.61. The second-order valence-electron chi connectivity index (χ2n) is 4.98. The zero-order chi connectivity index (χ0) is 15.8. The molecule has 116 valence electrons. The topological polar surface area (TPSA) is 76.9 Å². The fourth-order valence-electron chi connectivity index (χ4n) is 2.02. The van der Waals surface area contributed by atoms with Crippen molar-refractivity contribution in [1.82, 2.24) is 20.1 Å². The van der Waals surface area contributed by atoms with Gasteiger partial charge < -0.3 is 5.32 Å². The van der Waals surface area contributed by atoms with E-state index in [1.807, 2.05) is 19.1 Å². The lowest BCUT2D eigenvalue weighted by Crippen LogP contribution is -2.26. The van der Waals surface area contributed by atoms with E-state index >= 15 is 0 Å². The molecule has 6 nitrogen and oxygen atoms in total. The van der Waals surface area contributed by atoms with Crippen LogP contribution in [0.4, 0.5) is 0 Å². The van der Waals surface area contributed by atoms with Crippen LogP contribution < -0.4 is 10.9 Å². The van der Waals surface area contributed by atoms with Gasteiger partial charge in [-0.15, -0.1) is 0 Å². The van der Waals surface area contributed by atoms with Gasteiger partial charge in [-0.2, -0.15) is 5.10 Å². The van der Waals surface area contributed by atoms with Gasteiger partial charge in [-0.05, 0) is 31.0 Å². The molecule has 22 heavy (non-hydrogen) atoms. The maximum absolute atomic E-state index is 11.8. The summed E-state index contributed by atoms with van der Waals surface area (Å²) in [6.07, 6.45) is 5.29. The predicted molar refractivity (Wildman–Crippen MR) is 84.3 cm³/mol. The van der Waals surface area contributed by atoms with Crippen molar-refractivity contribution >= 4 is 5.91 Å². The molecule has 0 unspecified atom stereocenters. The zero-order valence-corrected chi connectivity index (χ0v) is 12.7.